The number of anilines is 3. The fraction of sp³-hybridized carbons (Fsp3) is 0.118. The van der Waals surface area contributed by atoms with E-state index in [-0.39, 0.29) is 10.8 Å². The molecule has 0 saturated carbocycles. The second-order valence-electron chi connectivity index (χ2n) is 5.70. The third kappa shape index (κ3) is 7.90. The molecule has 0 aliphatic rings. The average molecular weight is 451 g/mol. The normalized spacial score (nSPS) is 10.5. The van der Waals surface area contributed by atoms with E-state index in [1.54, 1.807) is 13.0 Å². The van der Waals surface area contributed by atoms with E-state index in [0.717, 1.165) is 5.56 Å². The van der Waals surface area contributed by atoms with Crippen molar-refractivity contribution in [3.8, 4) is 0 Å². The summed E-state index contributed by atoms with van der Waals surface area (Å²) in [5, 5.41) is 6.04. The van der Waals surface area contributed by atoms with Crippen molar-refractivity contribution in [3.63, 3.8) is 0 Å². The summed E-state index contributed by atoms with van der Waals surface area (Å²) in [4.78, 5) is 12.5. The van der Waals surface area contributed by atoms with Crippen LogP contribution in [0.1, 0.15) is 11.4 Å². The molecule has 0 unspecified atom stereocenters. The summed E-state index contributed by atoms with van der Waals surface area (Å²) < 4.78 is 57.0. The molecule has 0 bridgehead atoms. The summed E-state index contributed by atoms with van der Waals surface area (Å²) in [7, 11) is -7.39. The minimum absolute atomic E-state index is 0.212. The highest BCUT2D eigenvalue weighted by Crippen LogP contribution is 2.18. The second kappa shape index (κ2) is 10.4. The Morgan fingerprint density at radius 2 is 1.57 bits per heavy atom. The summed E-state index contributed by atoms with van der Waals surface area (Å²) in [6.07, 6.45) is 0. The van der Waals surface area contributed by atoms with Crippen LogP contribution in [0.4, 0.5) is 17.6 Å². The van der Waals surface area contributed by atoms with Crippen molar-refractivity contribution >= 4 is 38.3 Å². The van der Waals surface area contributed by atoms with Crippen molar-refractivity contribution in [1.29, 1.82) is 0 Å². The first-order valence-corrected chi connectivity index (χ1v) is 10.7. The smallest absolute Gasteiger partial charge is 0.350 e. The van der Waals surface area contributed by atoms with Crippen molar-refractivity contribution in [3.05, 3.63) is 66.0 Å². The first kappa shape index (κ1) is 22.9. The van der Waals surface area contributed by atoms with E-state index >= 15 is 0 Å². The SMILES string of the molecule is Cc1nc(NCc2ccccc2)nc(Nc2cccc(S(=O)(=O)O)c2)n1.O=S(=O)=O. The third-order valence-corrected chi connectivity index (χ3v) is 4.28. The van der Waals surface area contributed by atoms with Crippen LogP contribution in [0.5, 0.6) is 0 Å². The highest BCUT2D eigenvalue weighted by molar-refractivity contribution is 7.85. The number of aromatic nitrogens is 3. The van der Waals surface area contributed by atoms with Gasteiger partial charge in [0.2, 0.25) is 11.9 Å². The van der Waals surface area contributed by atoms with E-state index in [0.29, 0.717) is 24.0 Å². The molecule has 3 rings (SSSR count). The molecule has 0 amide bonds. The number of hydrogen-bond donors (Lipinski definition) is 3. The maximum absolute atomic E-state index is 11.2. The Kier molecular flexibility index (Phi) is 7.91. The van der Waals surface area contributed by atoms with Gasteiger partial charge in [-0.15, -0.1) is 12.6 Å². The molecule has 0 aliphatic carbocycles. The molecule has 30 heavy (non-hydrogen) atoms. The van der Waals surface area contributed by atoms with Crippen LogP contribution in [0.25, 0.3) is 0 Å². The molecule has 0 saturated heterocycles. The Labute approximate surface area is 174 Å². The first-order chi connectivity index (χ1) is 14.1. The van der Waals surface area contributed by atoms with Gasteiger partial charge in [-0.05, 0) is 30.7 Å². The van der Waals surface area contributed by atoms with Crippen LogP contribution < -0.4 is 10.6 Å². The van der Waals surface area contributed by atoms with Gasteiger partial charge in [0.25, 0.3) is 10.1 Å². The maximum atomic E-state index is 11.2. The van der Waals surface area contributed by atoms with Crippen LogP contribution in [0.15, 0.2) is 59.5 Å². The lowest BCUT2D eigenvalue weighted by Gasteiger charge is -2.09. The molecular formula is C17H17N5O6S2. The van der Waals surface area contributed by atoms with Crippen LogP contribution in [-0.4, -0.2) is 40.5 Å². The quantitative estimate of drug-likeness (QED) is 0.467. The second-order valence-corrected chi connectivity index (χ2v) is 7.53. The molecule has 3 N–H and O–H groups in total. The average Bonchev–Trinajstić information content (AvgIpc) is 2.66. The van der Waals surface area contributed by atoms with Crippen molar-refractivity contribution in [2.45, 2.75) is 18.4 Å². The molecule has 158 valence electrons. The summed E-state index contributed by atoms with van der Waals surface area (Å²) in [5.74, 6) is 1.17. The largest absolute Gasteiger partial charge is 0.425 e. The summed E-state index contributed by atoms with van der Waals surface area (Å²) in [5.41, 5.74) is 1.51. The van der Waals surface area contributed by atoms with Gasteiger partial charge in [0.15, 0.2) is 0 Å². The first-order valence-electron chi connectivity index (χ1n) is 8.25. The molecule has 0 fully saturated rings. The van der Waals surface area contributed by atoms with E-state index in [2.05, 4.69) is 25.6 Å². The van der Waals surface area contributed by atoms with Crippen LogP contribution in [0, 0.1) is 6.92 Å². The van der Waals surface area contributed by atoms with Gasteiger partial charge < -0.3 is 10.6 Å². The predicted octanol–water partition coefficient (Wildman–Crippen LogP) is 1.78. The van der Waals surface area contributed by atoms with E-state index in [1.807, 2.05) is 30.3 Å². The molecule has 13 heteroatoms. The van der Waals surface area contributed by atoms with Gasteiger partial charge in [-0.25, -0.2) is 0 Å². The van der Waals surface area contributed by atoms with Crippen LogP contribution in [-0.2, 0) is 27.3 Å². The third-order valence-electron chi connectivity index (χ3n) is 3.43. The van der Waals surface area contributed by atoms with E-state index in [9.17, 15) is 8.42 Å². The van der Waals surface area contributed by atoms with Gasteiger partial charge >= 0.3 is 10.6 Å². The van der Waals surface area contributed by atoms with Crippen molar-refractivity contribution in [2.24, 2.45) is 0 Å². The molecule has 0 atom stereocenters. The highest BCUT2D eigenvalue weighted by atomic mass is 32.2. The molecule has 3 aromatic rings. The molecule has 1 heterocycles. The number of nitrogens with one attached hydrogen (secondary N) is 2. The standard InChI is InChI=1S/C17H17N5O3S.O3S/c1-12-19-16(18-11-13-6-3-2-4-7-13)22-17(20-12)21-14-8-5-9-15(10-14)26(23,24)25;1-4(2)3/h2-10H,11H2,1H3,(H,23,24,25)(H2,18,19,20,21,22);. The lowest BCUT2D eigenvalue weighted by atomic mass is 10.2. The maximum Gasteiger partial charge on any atom is 0.425 e. The molecule has 11 nitrogen and oxygen atoms in total. The topological polar surface area (TPSA) is 168 Å². The number of aryl methyl sites for hydroxylation is 1. The fourth-order valence-electron chi connectivity index (χ4n) is 2.26. The van der Waals surface area contributed by atoms with Gasteiger partial charge in [0, 0.05) is 12.2 Å². The number of nitrogens with zero attached hydrogens (tertiary/aromatic N) is 3. The van der Waals surface area contributed by atoms with E-state index < -0.39 is 20.7 Å². The predicted molar refractivity (Wildman–Crippen MR) is 108 cm³/mol. The Bertz CT molecular complexity index is 1210. The minimum Gasteiger partial charge on any atom is -0.350 e. The Morgan fingerprint density at radius 1 is 0.933 bits per heavy atom. The van der Waals surface area contributed by atoms with Crippen LogP contribution in [0.2, 0.25) is 0 Å². The molecular weight excluding hydrogens is 434 g/mol. The zero-order valence-electron chi connectivity index (χ0n) is 15.5. The van der Waals surface area contributed by atoms with E-state index in [1.165, 1.54) is 18.2 Å². The molecule has 0 spiro atoms. The molecule has 0 radical (unpaired) electrons. The van der Waals surface area contributed by atoms with Crippen molar-refractivity contribution in [1.82, 2.24) is 15.0 Å². The lowest BCUT2D eigenvalue weighted by Crippen LogP contribution is -2.08. The molecule has 0 aliphatic heterocycles. The van der Waals surface area contributed by atoms with Crippen molar-refractivity contribution < 1.29 is 25.6 Å². The number of hydrogen-bond acceptors (Lipinski definition) is 10. The fourth-order valence-corrected chi connectivity index (χ4v) is 2.78. The zero-order valence-corrected chi connectivity index (χ0v) is 17.2. The summed E-state index contributed by atoms with van der Waals surface area (Å²) in [6.45, 7) is 2.29. The van der Waals surface area contributed by atoms with Gasteiger partial charge in [0.1, 0.15) is 5.82 Å². The van der Waals surface area contributed by atoms with Gasteiger partial charge in [0.05, 0.1) is 4.90 Å². The lowest BCUT2D eigenvalue weighted by molar-refractivity contribution is 0.483. The Hall–Kier alpha value is -3.42. The van der Waals surface area contributed by atoms with Gasteiger partial charge in [-0.2, -0.15) is 23.4 Å². The van der Waals surface area contributed by atoms with Crippen LogP contribution in [0.3, 0.4) is 0 Å². The highest BCUT2D eigenvalue weighted by Gasteiger charge is 2.11. The zero-order chi connectivity index (χ0) is 22.1. The number of rotatable bonds is 6. The Balaban J connectivity index is 0.000000735. The minimum atomic E-state index is -4.28. The summed E-state index contributed by atoms with van der Waals surface area (Å²) >= 11 is 0. The van der Waals surface area contributed by atoms with Gasteiger partial charge in [-0.3, -0.25) is 4.55 Å². The van der Waals surface area contributed by atoms with E-state index in [4.69, 9.17) is 17.2 Å². The number of benzene rings is 2. The van der Waals surface area contributed by atoms with Crippen molar-refractivity contribution in [2.75, 3.05) is 10.6 Å². The van der Waals surface area contributed by atoms with Crippen LogP contribution >= 0.6 is 0 Å². The molecule has 1 aromatic heterocycles. The van der Waals surface area contributed by atoms with Gasteiger partial charge in [-0.1, -0.05) is 36.4 Å². The summed E-state index contributed by atoms with van der Waals surface area (Å²) in [6, 6.07) is 15.6. The molecule has 2 aromatic carbocycles. The monoisotopic (exact) mass is 451 g/mol. The Morgan fingerprint density at radius 3 is 2.20 bits per heavy atom.